The van der Waals surface area contributed by atoms with E-state index in [4.69, 9.17) is 11.6 Å². The van der Waals surface area contributed by atoms with Crippen molar-refractivity contribution in [3.8, 4) is 0 Å². The molecule has 19 heavy (non-hydrogen) atoms. The van der Waals surface area contributed by atoms with Gasteiger partial charge in [0.1, 0.15) is 0 Å². The third kappa shape index (κ3) is 3.49. The Labute approximate surface area is 127 Å². The van der Waals surface area contributed by atoms with Crippen LogP contribution >= 0.6 is 27.5 Å². The number of rotatable bonds is 3. The monoisotopic (exact) mass is 366 g/mol. The average molecular weight is 368 g/mol. The van der Waals surface area contributed by atoms with E-state index in [0.29, 0.717) is 9.50 Å². The highest BCUT2D eigenvalue weighted by atomic mass is 79.9. The van der Waals surface area contributed by atoms with Crippen LogP contribution < -0.4 is 10.0 Å². The molecule has 0 amide bonds. The van der Waals surface area contributed by atoms with Gasteiger partial charge in [-0.05, 0) is 54.4 Å². The number of halogens is 2. The number of piperidine rings is 1. The molecular weight excluding hydrogens is 352 g/mol. The molecule has 0 saturated carbocycles. The molecule has 1 saturated heterocycles. The predicted molar refractivity (Wildman–Crippen MR) is 80.0 cm³/mol. The summed E-state index contributed by atoms with van der Waals surface area (Å²) in [6.07, 6.45) is 1.81. The van der Waals surface area contributed by atoms with Crippen LogP contribution in [0.3, 0.4) is 0 Å². The van der Waals surface area contributed by atoms with Crippen molar-refractivity contribution in [2.75, 3.05) is 6.54 Å². The Morgan fingerprint density at radius 1 is 1.47 bits per heavy atom. The summed E-state index contributed by atoms with van der Waals surface area (Å²) in [6, 6.07) is 4.85. The molecule has 1 aromatic carbocycles. The first-order valence-corrected chi connectivity index (χ1v) is 8.77. The average Bonchev–Trinajstić information content (AvgIpc) is 2.35. The molecule has 2 N–H and O–H groups in total. The summed E-state index contributed by atoms with van der Waals surface area (Å²) < 4.78 is 27.9. The van der Waals surface area contributed by atoms with E-state index in [1.165, 1.54) is 0 Å². The molecule has 0 radical (unpaired) electrons. The van der Waals surface area contributed by atoms with E-state index >= 15 is 0 Å². The molecular formula is C12H16BrClN2O2S. The van der Waals surface area contributed by atoms with Crippen molar-refractivity contribution in [2.24, 2.45) is 0 Å². The van der Waals surface area contributed by atoms with Gasteiger partial charge >= 0.3 is 0 Å². The van der Waals surface area contributed by atoms with Gasteiger partial charge in [0.05, 0.1) is 14.4 Å². The second kappa shape index (κ2) is 6.10. The lowest BCUT2D eigenvalue weighted by atomic mass is 10.0. The number of sulfonamides is 1. The first-order valence-electron chi connectivity index (χ1n) is 6.11. The van der Waals surface area contributed by atoms with Gasteiger partial charge in [-0.2, -0.15) is 0 Å². The lowest BCUT2D eigenvalue weighted by molar-refractivity contribution is 0.349. The molecule has 1 heterocycles. The summed E-state index contributed by atoms with van der Waals surface area (Å²) in [5.74, 6) is 0. The zero-order valence-electron chi connectivity index (χ0n) is 10.5. The quantitative estimate of drug-likeness (QED) is 0.863. The normalized spacial score (nSPS) is 24.4. The van der Waals surface area contributed by atoms with E-state index in [1.807, 2.05) is 6.92 Å². The smallest absolute Gasteiger partial charge is 0.242 e. The number of hydrogen-bond acceptors (Lipinski definition) is 3. The van der Waals surface area contributed by atoms with Gasteiger partial charge in [0, 0.05) is 12.1 Å². The van der Waals surface area contributed by atoms with E-state index in [2.05, 4.69) is 26.0 Å². The van der Waals surface area contributed by atoms with Crippen LogP contribution in [-0.2, 0) is 10.0 Å². The first kappa shape index (κ1) is 15.3. The fraction of sp³-hybridized carbons (Fsp3) is 0.500. The third-order valence-corrected chi connectivity index (χ3v) is 6.47. The minimum atomic E-state index is -3.57. The van der Waals surface area contributed by atoms with Gasteiger partial charge in [-0.15, -0.1) is 0 Å². The molecule has 4 nitrogen and oxygen atoms in total. The van der Waals surface area contributed by atoms with Crippen LogP contribution in [0.2, 0.25) is 5.02 Å². The summed E-state index contributed by atoms with van der Waals surface area (Å²) in [4.78, 5) is 0.178. The molecule has 1 aliphatic heterocycles. The Bertz CT molecular complexity index is 565. The molecule has 1 aromatic rings. The van der Waals surface area contributed by atoms with Crippen LogP contribution in [0.15, 0.2) is 27.6 Å². The molecule has 0 aliphatic carbocycles. The van der Waals surface area contributed by atoms with Crippen molar-refractivity contribution in [3.05, 3.63) is 27.7 Å². The molecule has 1 aliphatic rings. The van der Waals surface area contributed by atoms with Crippen molar-refractivity contribution >= 4 is 37.6 Å². The molecule has 2 unspecified atom stereocenters. The van der Waals surface area contributed by atoms with Crippen molar-refractivity contribution < 1.29 is 8.42 Å². The topological polar surface area (TPSA) is 58.2 Å². The van der Waals surface area contributed by atoms with Crippen molar-refractivity contribution in [1.82, 2.24) is 10.0 Å². The molecule has 1 fully saturated rings. The fourth-order valence-corrected chi connectivity index (χ4v) is 4.74. The van der Waals surface area contributed by atoms with Crippen LogP contribution in [0.4, 0.5) is 0 Å². The number of hydrogen-bond donors (Lipinski definition) is 2. The van der Waals surface area contributed by atoms with Gasteiger partial charge < -0.3 is 5.32 Å². The molecule has 2 atom stereocenters. The van der Waals surface area contributed by atoms with Gasteiger partial charge in [-0.3, -0.25) is 0 Å². The SMILES string of the molecule is CC1NCCCC1NS(=O)(=O)c1cccc(Cl)c1Br. The second-order valence-corrected chi connectivity index (χ2v) is 7.55. The maximum atomic E-state index is 12.4. The minimum Gasteiger partial charge on any atom is -0.313 e. The van der Waals surface area contributed by atoms with Gasteiger partial charge in [0.2, 0.25) is 10.0 Å². The highest BCUT2D eigenvalue weighted by molar-refractivity contribution is 9.10. The standard InChI is InChI=1S/C12H16BrClN2O2S/c1-8-10(5-3-7-15-8)16-19(17,18)11-6-2-4-9(14)12(11)13/h2,4,6,8,10,15-16H,3,5,7H2,1H3. The molecule has 7 heteroatoms. The fourth-order valence-electron chi connectivity index (χ4n) is 2.16. The zero-order chi connectivity index (χ0) is 14.0. The highest BCUT2D eigenvalue weighted by Crippen LogP contribution is 2.29. The maximum Gasteiger partial charge on any atom is 0.242 e. The number of nitrogens with one attached hydrogen (secondary N) is 2. The van der Waals surface area contributed by atoms with E-state index in [9.17, 15) is 8.42 Å². The van der Waals surface area contributed by atoms with Crippen LogP contribution in [0.25, 0.3) is 0 Å². The van der Waals surface area contributed by atoms with Crippen LogP contribution in [0.5, 0.6) is 0 Å². The van der Waals surface area contributed by atoms with Crippen LogP contribution in [0, 0.1) is 0 Å². The van der Waals surface area contributed by atoms with E-state index in [-0.39, 0.29) is 17.0 Å². The first-order chi connectivity index (χ1) is 8.92. The molecule has 0 aromatic heterocycles. The van der Waals surface area contributed by atoms with Crippen LogP contribution in [0.1, 0.15) is 19.8 Å². The Hall–Kier alpha value is -0.140. The van der Waals surface area contributed by atoms with Crippen molar-refractivity contribution in [1.29, 1.82) is 0 Å². The summed E-state index contributed by atoms with van der Waals surface area (Å²) in [7, 11) is -3.57. The molecule has 2 rings (SSSR count). The molecule has 0 bridgehead atoms. The van der Waals surface area contributed by atoms with Crippen molar-refractivity contribution in [3.63, 3.8) is 0 Å². The Morgan fingerprint density at radius 3 is 2.89 bits per heavy atom. The summed E-state index contributed by atoms with van der Waals surface area (Å²) in [5.41, 5.74) is 0. The Kier molecular flexibility index (Phi) is 4.89. The largest absolute Gasteiger partial charge is 0.313 e. The Morgan fingerprint density at radius 2 is 2.21 bits per heavy atom. The highest BCUT2D eigenvalue weighted by Gasteiger charge is 2.28. The van der Waals surface area contributed by atoms with Crippen molar-refractivity contribution in [2.45, 2.75) is 36.7 Å². The van der Waals surface area contributed by atoms with Gasteiger partial charge in [-0.25, -0.2) is 13.1 Å². The van der Waals surface area contributed by atoms with Gasteiger partial charge in [0.25, 0.3) is 0 Å². The van der Waals surface area contributed by atoms with Gasteiger partial charge in [-0.1, -0.05) is 17.7 Å². The maximum absolute atomic E-state index is 12.4. The molecule has 0 spiro atoms. The summed E-state index contributed by atoms with van der Waals surface area (Å²) in [5, 5.41) is 3.65. The lowest BCUT2D eigenvalue weighted by Gasteiger charge is -2.30. The third-order valence-electron chi connectivity index (χ3n) is 3.27. The Balaban J connectivity index is 2.25. The van der Waals surface area contributed by atoms with Gasteiger partial charge in [0.15, 0.2) is 0 Å². The second-order valence-electron chi connectivity index (χ2n) is 4.66. The van der Waals surface area contributed by atoms with E-state index < -0.39 is 10.0 Å². The van der Waals surface area contributed by atoms with E-state index in [0.717, 1.165) is 19.4 Å². The lowest BCUT2D eigenvalue weighted by Crippen LogP contribution is -2.51. The predicted octanol–water partition coefficient (Wildman–Crippen LogP) is 2.52. The summed E-state index contributed by atoms with van der Waals surface area (Å²) >= 11 is 9.17. The van der Waals surface area contributed by atoms with E-state index in [1.54, 1.807) is 18.2 Å². The zero-order valence-corrected chi connectivity index (χ0v) is 13.6. The van der Waals surface area contributed by atoms with Crippen LogP contribution in [-0.4, -0.2) is 27.0 Å². The minimum absolute atomic E-state index is 0.0929. The summed E-state index contributed by atoms with van der Waals surface area (Å²) in [6.45, 7) is 2.92. The molecule has 106 valence electrons. The number of benzene rings is 1.